The Kier molecular flexibility index (Phi) is 7.93. The van der Waals surface area contributed by atoms with E-state index in [2.05, 4.69) is 66.9 Å². The van der Waals surface area contributed by atoms with Crippen molar-refractivity contribution in [2.75, 3.05) is 45.2 Å². The summed E-state index contributed by atoms with van der Waals surface area (Å²) >= 11 is 2.19. The standard InChI is InChI=1S/C28H35FIN5O/c1-3-36-26-17-25-22(27(32-19-31-25)33-21-7-8-24(29)20(15-21)18-30)16-23(26)28(9-5-4-6-10-28)35-13-11-34(2)12-14-35/h7-8,15-17,19H,3-6,9-14,18H2,1-2H3,(H,31,32,33). The van der Waals surface area contributed by atoms with Crippen molar-refractivity contribution in [1.29, 1.82) is 0 Å². The number of aromatic nitrogens is 2. The number of nitrogens with zero attached hydrogens (tertiary/aromatic N) is 4. The average molecular weight is 604 g/mol. The van der Waals surface area contributed by atoms with Crippen molar-refractivity contribution < 1.29 is 9.13 Å². The predicted molar refractivity (Wildman–Crippen MR) is 152 cm³/mol. The number of benzene rings is 2. The molecule has 2 aromatic carbocycles. The molecule has 1 aliphatic heterocycles. The Labute approximate surface area is 226 Å². The zero-order valence-corrected chi connectivity index (χ0v) is 23.4. The third-order valence-electron chi connectivity index (χ3n) is 7.78. The molecule has 2 aliphatic rings. The summed E-state index contributed by atoms with van der Waals surface area (Å²) in [6.45, 7) is 6.94. The summed E-state index contributed by atoms with van der Waals surface area (Å²) in [7, 11) is 2.21. The highest BCUT2D eigenvalue weighted by Gasteiger charge is 2.42. The van der Waals surface area contributed by atoms with Gasteiger partial charge < -0.3 is 15.0 Å². The number of fused-ring (bicyclic) bond motifs is 1. The van der Waals surface area contributed by atoms with Crippen molar-refractivity contribution in [3.05, 3.63) is 53.6 Å². The second kappa shape index (κ2) is 11.1. The number of alkyl halides is 1. The molecule has 0 radical (unpaired) electrons. The normalized spacial score (nSPS) is 18.9. The van der Waals surface area contributed by atoms with E-state index in [-0.39, 0.29) is 11.4 Å². The van der Waals surface area contributed by atoms with E-state index in [1.807, 2.05) is 13.0 Å². The summed E-state index contributed by atoms with van der Waals surface area (Å²) in [4.78, 5) is 14.3. The zero-order valence-electron chi connectivity index (χ0n) is 21.2. The molecule has 5 rings (SSSR count). The first kappa shape index (κ1) is 25.6. The molecule has 1 saturated heterocycles. The van der Waals surface area contributed by atoms with Crippen LogP contribution in [0.3, 0.4) is 0 Å². The number of nitrogens with one attached hydrogen (secondary N) is 1. The number of halogens is 2. The van der Waals surface area contributed by atoms with Crippen LogP contribution in [0, 0.1) is 5.82 Å². The molecule has 36 heavy (non-hydrogen) atoms. The Morgan fingerprint density at radius 1 is 1.06 bits per heavy atom. The van der Waals surface area contributed by atoms with E-state index in [1.165, 1.54) is 30.9 Å². The molecular weight excluding hydrogens is 568 g/mol. The molecule has 0 amide bonds. The van der Waals surface area contributed by atoms with Crippen molar-refractivity contribution in [1.82, 2.24) is 19.8 Å². The van der Waals surface area contributed by atoms with Gasteiger partial charge in [0.05, 0.1) is 12.1 Å². The van der Waals surface area contributed by atoms with Gasteiger partial charge in [-0.2, -0.15) is 0 Å². The van der Waals surface area contributed by atoms with Crippen LogP contribution in [0.25, 0.3) is 10.9 Å². The molecule has 8 heteroatoms. The van der Waals surface area contributed by atoms with E-state index in [4.69, 9.17) is 4.74 Å². The van der Waals surface area contributed by atoms with E-state index in [1.54, 1.807) is 12.4 Å². The summed E-state index contributed by atoms with van der Waals surface area (Å²) < 4.78 is 21.0. The minimum atomic E-state index is -0.183. The summed E-state index contributed by atoms with van der Waals surface area (Å²) in [6.07, 6.45) is 7.58. The van der Waals surface area contributed by atoms with E-state index >= 15 is 0 Å². The molecule has 0 atom stereocenters. The molecule has 0 bridgehead atoms. The lowest BCUT2D eigenvalue weighted by Gasteiger charge is -2.50. The fourth-order valence-corrected chi connectivity index (χ4v) is 6.43. The summed E-state index contributed by atoms with van der Waals surface area (Å²) in [5.74, 6) is 1.49. The molecule has 1 aliphatic carbocycles. The first-order valence-electron chi connectivity index (χ1n) is 13.0. The van der Waals surface area contributed by atoms with Crippen molar-refractivity contribution in [2.24, 2.45) is 0 Å². The van der Waals surface area contributed by atoms with Gasteiger partial charge in [0.1, 0.15) is 23.7 Å². The van der Waals surface area contributed by atoms with Crippen molar-refractivity contribution >= 4 is 45.0 Å². The van der Waals surface area contributed by atoms with Gasteiger partial charge in [0.25, 0.3) is 0 Å². The minimum Gasteiger partial charge on any atom is -0.493 e. The molecule has 1 saturated carbocycles. The Morgan fingerprint density at radius 3 is 2.56 bits per heavy atom. The van der Waals surface area contributed by atoms with Crippen LogP contribution in [0.5, 0.6) is 5.75 Å². The lowest BCUT2D eigenvalue weighted by molar-refractivity contribution is 0.00856. The van der Waals surface area contributed by atoms with Crippen LogP contribution < -0.4 is 10.1 Å². The first-order chi connectivity index (χ1) is 17.5. The maximum atomic E-state index is 14.1. The van der Waals surface area contributed by atoms with Gasteiger partial charge in [0.15, 0.2) is 0 Å². The highest BCUT2D eigenvalue weighted by molar-refractivity contribution is 14.1. The van der Waals surface area contributed by atoms with Gasteiger partial charge in [0.2, 0.25) is 0 Å². The summed E-state index contributed by atoms with van der Waals surface area (Å²) in [5, 5.41) is 4.41. The number of hydrogen-bond acceptors (Lipinski definition) is 6. The van der Waals surface area contributed by atoms with Gasteiger partial charge in [-0.25, -0.2) is 14.4 Å². The number of ether oxygens (including phenoxy) is 1. The Hall–Kier alpha value is -2.04. The van der Waals surface area contributed by atoms with Crippen molar-refractivity contribution in [3.63, 3.8) is 0 Å². The van der Waals surface area contributed by atoms with Crippen LogP contribution >= 0.6 is 22.6 Å². The second-order valence-corrected chi connectivity index (χ2v) is 10.7. The van der Waals surface area contributed by atoms with Gasteiger partial charge in [-0.15, -0.1) is 0 Å². The number of anilines is 2. The largest absolute Gasteiger partial charge is 0.493 e. The van der Waals surface area contributed by atoms with E-state index in [9.17, 15) is 4.39 Å². The second-order valence-electron chi connectivity index (χ2n) is 9.97. The van der Waals surface area contributed by atoms with E-state index in [0.717, 1.165) is 67.2 Å². The fraction of sp³-hybridized carbons (Fsp3) is 0.500. The SMILES string of the molecule is CCOc1cc2ncnc(Nc3ccc(F)c(CI)c3)c2cc1C1(N2CCN(C)CC2)CCCCC1. The molecule has 6 nitrogen and oxygen atoms in total. The van der Waals surface area contributed by atoms with Gasteiger partial charge in [-0.3, -0.25) is 4.90 Å². The molecule has 3 aromatic rings. The number of likely N-dealkylation sites (N-methyl/N-ethyl adjacent to an activating group) is 1. The number of piperazine rings is 1. The molecule has 1 N–H and O–H groups in total. The number of rotatable bonds is 7. The molecular formula is C28H35FIN5O. The molecule has 2 heterocycles. The average Bonchev–Trinajstić information content (AvgIpc) is 2.90. The van der Waals surface area contributed by atoms with Gasteiger partial charge in [-0.05, 0) is 56.6 Å². The maximum absolute atomic E-state index is 14.1. The topological polar surface area (TPSA) is 53.5 Å². The molecule has 0 spiro atoms. The third-order valence-corrected chi connectivity index (χ3v) is 8.60. The Bertz CT molecular complexity index is 1210. The fourth-order valence-electron chi connectivity index (χ4n) is 5.84. The van der Waals surface area contributed by atoms with Crippen LogP contribution in [0.2, 0.25) is 0 Å². The highest BCUT2D eigenvalue weighted by Crippen LogP contribution is 2.47. The van der Waals surface area contributed by atoms with E-state index in [0.29, 0.717) is 16.6 Å². The van der Waals surface area contributed by atoms with Gasteiger partial charge in [-0.1, -0.05) is 41.9 Å². The lowest BCUT2D eigenvalue weighted by Crippen LogP contribution is -2.55. The van der Waals surface area contributed by atoms with Gasteiger partial charge in [0, 0.05) is 58.8 Å². The van der Waals surface area contributed by atoms with Crippen LogP contribution in [0.4, 0.5) is 15.9 Å². The number of hydrogen-bond donors (Lipinski definition) is 1. The first-order valence-corrected chi connectivity index (χ1v) is 14.5. The highest BCUT2D eigenvalue weighted by atomic mass is 127. The third kappa shape index (κ3) is 5.04. The zero-order chi connectivity index (χ0) is 25.1. The molecule has 1 aromatic heterocycles. The Balaban J connectivity index is 1.62. The monoisotopic (exact) mass is 603 g/mol. The Morgan fingerprint density at radius 2 is 1.83 bits per heavy atom. The van der Waals surface area contributed by atoms with Crippen LogP contribution in [0.1, 0.15) is 50.2 Å². The smallest absolute Gasteiger partial charge is 0.141 e. The lowest BCUT2D eigenvalue weighted by atomic mass is 9.74. The predicted octanol–water partition coefficient (Wildman–Crippen LogP) is 6.25. The van der Waals surface area contributed by atoms with Crippen LogP contribution in [0.15, 0.2) is 36.7 Å². The summed E-state index contributed by atoms with van der Waals surface area (Å²) in [6, 6.07) is 9.51. The van der Waals surface area contributed by atoms with Crippen molar-refractivity contribution in [2.45, 2.75) is 49.0 Å². The minimum absolute atomic E-state index is 0.0461. The van der Waals surface area contributed by atoms with E-state index < -0.39 is 0 Å². The maximum Gasteiger partial charge on any atom is 0.141 e. The van der Waals surface area contributed by atoms with Crippen molar-refractivity contribution in [3.8, 4) is 5.75 Å². The molecule has 0 unspecified atom stereocenters. The molecule has 2 fully saturated rings. The van der Waals surface area contributed by atoms with Crippen LogP contribution in [-0.2, 0) is 9.97 Å². The summed E-state index contributed by atoms with van der Waals surface area (Å²) in [5.41, 5.74) is 3.56. The molecule has 192 valence electrons. The van der Waals surface area contributed by atoms with Crippen LogP contribution in [-0.4, -0.2) is 59.6 Å². The quantitative estimate of drug-likeness (QED) is 0.255. The van der Waals surface area contributed by atoms with Gasteiger partial charge >= 0.3 is 0 Å².